The van der Waals surface area contributed by atoms with Gasteiger partial charge in [0.15, 0.2) is 0 Å². The van der Waals surface area contributed by atoms with Crippen LogP contribution in [-0.2, 0) is 23.2 Å². The topological polar surface area (TPSA) is 69.0 Å². The number of carbonyl (C=O) groups is 1. The van der Waals surface area contributed by atoms with Gasteiger partial charge < -0.3 is 14.5 Å². The van der Waals surface area contributed by atoms with E-state index in [0.29, 0.717) is 12.2 Å². The zero-order valence-electron chi connectivity index (χ0n) is 17.1. The van der Waals surface area contributed by atoms with E-state index < -0.39 is 5.60 Å². The molecule has 2 rings (SSSR count). The minimum Gasteiger partial charge on any atom is -0.456 e. The minimum atomic E-state index is -0.510. The quantitative estimate of drug-likeness (QED) is 0.442. The van der Waals surface area contributed by atoms with Crippen molar-refractivity contribution in [2.45, 2.75) is 39.9 Å². The Hall–Kier alpha value is -2.83. The zero-order valence-corrected chi connectivity index (χ0v) is 17.1. The van der Waals surface area contributed by atoms with Crippen LogP contribution in [0.3, 0.4) is 0 Å². The van der Waals surface area contributed by atoms with Gasteiger partial charge in [0.1, 0.15) is 18.0 Å². The van der Waals surface area contributed by atoms with Crippen molar-refractivity contribution >= 4 is 18.0 Å². The van der Waals surface area contributed by atoms with Gasteiger partial charge in [-0.1, -0.05) is 17.3 Å². The third-order valence-corrected chi connectivity index (χ3v) is 3.74. The van der Waals surface area contributed by atoms with E-state index in [1.807, 2.05) is 70.6 Å². The number of anilines is 1. The fourth-order valence-electron chi connectivity index (χ4n) is 2.62. The van der Waals surface area contributed by atoms with Gasteiger partial charge in [0.25, 0.3) is 0 Å². The number of rotatable bonds is 6. The van der Waals surface area contributed by atoms with E-state index in [4.69, 9.17) is 9.57 Å². The highest BCUT2D eigenvalue weighted by atomic mass is 16.6. The Morgan fingerprint density at radius 1 is 1.26 bits per heavy atom. The average Bonchev–Trinajstić information content (AvgIpc) is 2.84. The summed E-state index contributed by atoms with van der Waals surface area (Å²) in [6.07, 6.45) is 1.67. The highest BCUT2D eigenvalue weighted by Crippen LogP contribution is 2.19. The highest BCUT2D eigenvalue weighted by molar-refractivity contribution is 5.89. The van der Waals surface area contributed by atoms with Gasteiger partial charge in [-0.25, -0.2) is 4.79 Å². The molecule has 0 aliphatic rings. The summed E-state index contributed by atoms with van der Waals surface area (Å²) >= 11 is 0. The summed E-state index contributed by atoms with van der Waals surface area (Å²) in [6.45, 7) is 7.77. The van der Waals surface area contributed by atoms with Crippen LogP contribution in [0.4, 0.5) is 5.82 Å². The van der Waals surface area contributed by atoms with Gasteiger partial charge >= 0.3 is 5.97 Å². The van der Waals surface area contributed by atoms with E-state index >= 15 is 0 Å². The first-order valence-corrected chi connectivity index (χ1v) is 8.77. The second-order valence-corrected chi connectivity index (χ2v) is 7.55. The van der Waals surface area contributed by atoms with Crippen LogP contribution in [0.5, 0.6) is 0 Å². The van der Waals surface area contributed by atoms with Crippen molar-refractivity contribution in [3.8, 4) is 0 Å². The molecule has 0 aliphatic heterocycles. The molecule has 7 nitrogen and oxygen atoms in total. The maximum atomic E-state index is 12.0. The number of benzene rings is 1. The fraction of sp³-hybridized carbons (Fsp3) is 0.450. The van der Waals surface area contributed by atoms with Crippen LogP contribution in [0.2, 0.25) is 0 Å². The Balaban J connectivity index is 1.96. The van der Waals surface area contributed by atoms with Gasteiger partial charge in [0, 0.05) is 21.1 Å². The molecule has 0 aliphatic carbocycles. The molecule has 1 aromatic carbocycles. The Morgan fingerprint density at radius 2 is 1.89 bits per heavy atom. The summed E-state index contributed by atoms with van der Waals surface area (Å²) in [7, 11) is 5.81. The summed E-state index contributed by atoms with van der Waals surface area (Å²) in [5.41, 5.74) is 2.72. The molecule has 0 spiro atoms. The van der Waals surface area contributed by atoms with Crippen LogP contribution in [0.25, 0.3) is 0 Å². The third-order valence-electron chi connectivity index (χ3n) is 3.74. The van der Waals surface area contributed by atoms with Crippen molar-refractivity contribution in [1.29, 1.82) is 0 Å². The smallest absolute Gasteiger partial charge is 0.338 e. The van der Waals surface area contributed by atoms with Gasteiger partial charge in [-0.05, 0) is 45.4 Å². The maximum absolute atomic E-state index is 12.0. The molecule has 1 aromatic heterocycles. The number of oxime groups is 1. The Morgan fingerprint density at radius 3 is 2.44 bits per heavy atom. The van der Waals surface area contributed by atoms with Crippen LogP contribution in [0.1, 0.15) is 48.0 Å². The first kappa shape index (κ1) is 20.5. The van der Waals surface area contributed by atoms with Gasteiger partial charge in [-0.2, -0.15) is 5.10 Å². The van der Waals surface area contributed by atoms with Crippen molar-refractivity contribution in [2.75, 3.05) is 19.0 Å². The van der Waals surface area contributed by atoms with Crippen LogP contribution in [0.15, 0.2) is 29.4 Å². The zero-order chi connectivity index (χ0) is 20.2. The number of nitrogens with zero attached hydrogens (tertiary/aromatic N) is 4. The second-order valence-electron chi connectivity index (χ2n) is 7.55. The van der Waals surface area contributed by atoms with Crippen molar-refractivity contribution in [2.24, 2.45) is 12.2 Å². The SMILES string of the molecule is Cc1nn(C)c(N(C)C)c1/C=N\OCc1ccc(C(=O)OC(C)(C)C)cc1. The van der Waals surface area contributed by atoms with Crippen molar-refractivity contribution in [3.05, 3.63) is 46.6 Å². The maximum Gasteiger partial charge on any atom is 0.338 e. The van der Waals surface area contributed by atoms with Crippen molar-refractivity contribution in [3.63, 3.8) is 0 Å². The molecular weight excluding hydrogens is 344 g/mol. The number of carbonyl (C=O) groups excluding carboxylic acids is 1. The van der Waals surface area contributed by atoms with Crippen molar-refractivity contribution < 1.29 is 14.4 Å². The van der Waals surface area contributed by atoms with E-state index in [2.05, 4.69) is 10.3 Å². The number of aromatic nitrogens is 2. The molecule has 1 heterocycles. The molecule has 146 valence electrons. The van der Waals surface area contributed by atoms with Crippen LogP contribution >= 0.6 is 0 Å². The summed E-state index contributed by atoms with van der Waals surface area (Å²) in [5.74, 6) is 0.623. The molecule has 0 unspecified atom stereocenters. The summed E-state index contributed by atoms with van der Waals surface area (Å²) in [5, 5.41) is 8.47. The normalized spacial score (nSPS) is 11.7. The Kier molecular flexibility index (Phi) is 6.25. The predicted molar refractivity (Wildman–Crippen MR) is 106 cm³/mol. The van der Waals surface area contributed by atoms with E-state index in [1.165, 1.54) is 0 Å². The van der Waals surface area contributed by atoms with Crippen molar-refractivity contribution in [1.82, 2.24) is 9.78 Å². The fourth-order valence-corrected chi connectivity index (χ4v) is 2.62. The molecule has 0 saturated carbocycles. The molecule has 0 fully saturated rings. The molecule has 0 N–H and O–H groups in total. The van der Waals surface area contributed by atoms with E-state index in [9.17, 15) is 4.79 Å². The summed E-state index contributed by atoms with van der Waals surface area (Å²) in [6, 6.07) is 7.11. The molecule has 0 atom stereocenters. The molecule has 27 heavy (non-hydrogen) atoms. The lowest BCUT2D eigenvalue weighted by atomic mass is 10.1. The van der Waals surface area contributed by atoms with Crippen LogP contribution in [-0.4, -0.2) is 41.7 Å². The highest BCUT2D eigenvalue weighted by Gasteiger charge is 2.17. The van der Waals surface area contributed by atoms with E-state index in [0.717, 1.165) is 22.6 Å². The van der Waals surface area contributed by atoms with Gasteiger partial charge in [-0.3, -0.25) is 4.68 Å². The number of ether oxygens (including phenoxy) is 1. The average molecular weight is 372 g/mol. The molecule has 0 radical (unpaired) electrons. The van der Waals surface area contributed by atoms with Gasteiger partial charge in [0.05, 0.1) is 23.0 Å². The van der Waals surface area contributed by atoms with E-state index in [1.54, 1.807) is 18.3 Å². The Bertz CT molecular complexity index is 815. The minimum absolute atomic E-state index is 0.307. The lowest BCUT2D eigenvalue weighted by molar-refractivity contribution is 0.00694. The number of aryl methyl sites for hydroxylation is 2. The lowest BCUT2D eigenvalue weighted by Crippen LogP contribution is -2.23. The standard InChI is InChI=1S/C20H28N4O3/c1-14-17(18(23(5)6)24(7)22-14)12-21-26-13-15-8-10-16(11-9-15)19(25)27-20(2,3)4/h8-12H,13H2,1-7H3/b21-12-. The summed E-state index contributed by atoms with van der Waals surface area (Å²) < 4.78 is 7.16. The molecule has 7 heteroatoms. The second kappa shape index (κ2) is 8.24. The first-order valence-electron chi connectivity index (χ1n) is 8.77. The van der Waals surface area contributed by atoms with Gasteiger partial charge in [-0.15, -0.1) is 0 Å². The van der Waals surface area contributed by atoms with Crippen LogP contribution < -0.4 is 4.90 Å². The molecule has 0 saturated heterocycles. The Labute approximate surface area is 160 Å². The molecule has 2 aromatic rings. The third kappa shape index (κ3) is 5.57. The molecule has 0 amide bonds. The number of hydrogen-bond acceptors (Lipinski definition) is 6. The monoisotopic (exact) mass is 372 g/mol. The lowest BCUT2D eigenvalue weighted by Gasteiger charge is -2.19. The summed E-state index contributed by atoms with van der Waals surface area (Å²) in [4.78, 5) is 19.4. The molecular formula is C20H28N4O3. The van der Waals surface area contributed by atoms with Crippen LogP contribution in [0, 0.1) is 6.92 Å². The predicted octanol–water partition coefficient (Wildman–Crippen LogP) is 3.30. The molecule has 0 bridgehead atoms. The number of esters is 1. The van der Waals surface area contributed by atoms with Gasteiger partial charge in [0.2, 0.25) is 0 Å². The first-order chi connectivity index (χ1) is 12.6. The largest absolute Gasteiger partial charge is 0.456 e. The number of hydrogen-bond donors (Lipinski definition) is 0. The van der Waals surface area contributed by atoms with E-state index in [-0.39, 0.29) is 5.97 Å².